The van der Waals surface area contributed by atoms with Gasteiger partial charge in [-0.3, -0.25) is 15.5 Å². The number of nitrogens with one attached hydrogen (secondary N) is 2. The van der Waals surface area contributed by atoms with Crippen molar-refractivity contribution in [2.75, 3.05) is 25.5 Å². The lowest BCUT2D eigenvalue weighted by atomic mass is 10.1. The van der Waals surface area contributed by atoms with Gasteiger partial charge < -0.3 is 15.7 Å². The predicted molar refractivity (Wildman–Crippen MR) is 175 cm³/mol. The summed E-state index contributed by atoms with van der Waals surface area (Å²) in [5, 5.41) is 36.0. The number of benzene rings is 2. The molecule has 0 saturated heterocycles. The van der Waals surface area contributed by atoms with Crippen molar-refractivity contribution in [1.82, 2.24) is 30.1 Å². The van der Waals surface area contributed by atoms with Crippen molar-refractivity contribution in [3.63, 3.8) is 0 Å². The number of hydrogen-bond acceptors (Lipinski definition) is 9. The molecule has 0 amide bonds. The molecule has 240 valence electrons. The Morgan fingerprint density at radius 3 is 2.23 bits per heavy atom. The Morgan fingerprint density at radius 1 is 1.00 bits per heavy atom. The number of aromatic nitrogens is 5. The van der Waals surface area contributed by atoms with Crippen molar-refractivity contribution in [2.45, 2.75) is 71.9 Å². The first kappa shape index (κ1) is 36.3. The van der Waals surface area contributed by atoms with Crippen LogP contribution in [0, 0.1) is 12.8 Å². The van der Waals surface area contributed by atoms with Gasteiger partial charge in [-0.2, -0.15) is 9.36 Å². The third kappa shape index (κ3) is 12.8. The molecule has 4 aromatic rings. The van der Waals surface area contributed by atoms with E-state index in [-0.39, 0.29) is 5.69 Å². The second-order valence-electron chi connectivity index (χ2n) is 10.8. The van der Waals surface area contributed by atoms with Crippen LogP contribution in [0.2, 0.25) is 0 Å². The molecule has 2 aromatic carbocycles. The van der Waals surface area contributed by atoms with Crippen LogP contribution in [0.1, 0.15) is 68.7 Å². The minimum Gasteiger partial charge on any atom is -0.388 e. The van der Waals surface area contributed by atoms with Gasteiger partial charge in [-0.25, -0.2) is 4.79 Å². The zero-order chi connectivity index (χ0) is 32.2. The van der Waals surface area contributed by atoms with Crippen molar-refractivity contribution < 1.29 is 15.6 Å². The Balaban J connectivity index is 0.000000250. The molecular formula is C33H49N7O4. The molecule has 1 aliphatic rings. The molecule has 11 heteroatoms. The fourth-order valence-corrected chi connectivity index (χ4v) is 4.60. The molecule has 2 aromatic heterocycles. The molecule has 1 atom stereocenters. The Morgan fingerprint density at radius 2 is 1.68 bits per heavy atom. The Kier molecular flexibility index (Phi) is 17.2. The number of aliphatic hydroxyl groups is 1. The topological polar surface area (TPSA) is 150 Å². The van der Waals surface area contributed by atoms with Gasteiger partial charge in [0.1, 0.15) is 0 Å². The first-order valence-electron chi connectivity index (χ1n) is 15.3. The van der Waals surface area contributed by atoms with E-state index in [1.54, 1.807) is 12.4 Å². The highest BCUT2D eigenvalue weighted by Gasteiger charge is 2.08. The summed E-state index contributed by atoms with van der Waals surface area (Å²) in [4.78, 5) is 15.8. The van der Waals surface area contributed by atoms with Crippen molar-refractivity contribution in [1.29, 1.82) is 0 Å². The third-order valence-electron chi connectivity index (χ3n) is 7.24. The van der Waals surface area contributed by atoms with Gasteiger partial charge in [0.05, 0.1) is 11.8 Å². The molecule has 0 radical (unpaired) electrons. The van der Waals surface area contributed by atoms with Crippen LogP contribution >= 0.6 is 0 Å². The van der Waals surface area contributed by atoms with Crippen LogP contribution in [0.3, 0.4) is 0 Å². The maximum Gasteiger partial charge on any atom is 0.368 e. The van der Waals surface area contributed by atoms with E-state index in [0.717, 1.165) is 47.8 Å². The quantitative estimate of drug-likeness (QED) is 0.0913. The van der Waals surface area contributed by atoms with Crippen LogP contribution in [-0.4, -0.2) is 60.5 Å². The summed E-state index contributed by atoms with van der Waals surface area (Å²) in [6.07, 6.45) is 10.7. The smallest absolute Gasteiger partial charge is 0.368 e. The fraction of sp³-hybridized carbons (Fsp3) is 0.455. The van der Waals surface area contributed by atoms with Crippen LogP contribution in [0.25, 0.3) is 5.69 Å². The number of hydrogen-bond donors (Lipinski definition) is 5. The molecule has 1 saturated carbocycles. The summed E-state index contributed by atoms with van der Waals surface area (Å²) < 4.78 is 2.69. The van der Waals surface area contributed by atoms with Gasteiger partial charge in [-0.05, 0) is 78.6 Å². The molecule has 11 nitrogen and oxygen atoms in total. The lowest BCUT2D eigenvalue weighted by molar-refractivity contribution is -0.176. The molecule has 5 N–H and O–H groups in total. The van der Waals surface area contributed by atoms with E-state index in [1.165, 1.54) is 40.6 Å². The minimum absolute atomic E-state index is 0.189. The molecule has 0 bridgehead atoms. The summed E-state index contributed by atoms with van der Waals surface area (Å²) in [7, 11) is 1.91. The van der Waals surface area contributed by atoms with E-state index in [1.807, 2.05) is 57.3 Å². The zero-order valence-corrected chi connectivity index (χ0v) is 26.4. The van der Waals surface area contributed by atoms with Crippen LogP contribution in [-0.2, 0) is 13.0 Å². The number of anilines is 1. The number of tetrazole rings is 1. The second kappa shape index (κ2) is 20.9. The van der Waals surface area contributed by atoms with E-state index in [9.17, 15) is 9.90 Å². The van der Waals surface area contributed by atoms with Crippen molar-refractivity contribution in [3.8, 4) is 5.69 Å². The summed E-state index contributed by atoms with van der Waals surface area (Å²) in [6.45, 7) is 8.33. The molecule has 1 fully saturated rings. The first-order chi connectivity index (χ1) is 21.4. The molecule has 2 heterocycles. The van der Waals surface area contributed by atoms with Gasteiger partial charge in [-0.15, -0.1) is 0 Å². The Hall–Kier alpha value is -3.90. The zero-order valence-electron chi connectivity index (χ0n) is 26.4. The van der Waals surface area contributed by atoms with E-state index in [4.69, 9.17) is 10.5 Å². The number of nitrogens with zero attached hydrogens (tertiary/aromatic N) is 5. The van der Waals surface area contributed by atoms with Crippen molar-refractivity contribution in [3.05, 3.63) is 100 Å². The van der Waals surface area contributed by atoms with Gasteiger partial charge in [0.2, 0.25) is 0 Å². The average Bonchev–Trinajstić information content (AvgIpc) is 3.70. The minimum atomic E-state index is -0.504. The summed E-state index contributed by atoms with van der Waals surface area (Å²) in [5.41, 5.74) is 4.96. The van der Waals surface area contributed by atoms with Crippen LogP contribution < -0.4 is 16.3 Å². The van der Waals surface area contributed by atoms with E-state index < -0.39 is 6.10 Å². The third-order valence-corrected chi connectivity index (χ3v) is 7.24. The van der Waals surface area contributed by atoms with Crippen LogP contribution in [0.5, 0.6) is 0 Å². The monoisotopic (exact) mass is 607 g/mol. The van der Waals surface area contributed by atoms with Gasteiger partial charge >= 0.3 is 5.69 Å². The Bertz CT molecular complexity index is 1340. The normalized spacial score (nSPS) is 13.0. The number of aliphatic hydroxyl groups excluding tert-OH is 1. The van der Waals surface area contributed by atoms with E-state index in [0.29, 0.717) is 13.1 Å². The van der Waals surface area contributed by atoms with Gasteiger partial charge in [0.15, 0.2) is 0 Å². The predicted octanol–water partition coefficient (Wildman–Crippen LogP) is 5.35. The molecule has 1 unspecified atom stereocenters. The second-order valence-corrected chi connectivity index (χ2v) is 10.8. The van der Waals surface area contributed by atoms with Crippen LogP contribution in [0.4, 0.5) is 5.69 Å². The van der Waals surface area contributed by atoms with E-state index in [2.05, 4.69) is 57.2 Å². The highest BCUT2D eigenvalue weighted by atomic mass is 17.0. The van der Waals surface area contributed by atoms with Crippen molar-refractivity contribution >= 4 is 5.69 Å². The van der Waals surface area contributed by atoms with Gasteiger partial charge in [-0.1, -0.05) is 75.4 Å². The summed E-state index contributed by atoms with van der Waals surface area (Å²) in [6, 6.07) is 19.7. The molecule has 44 heavy (non-hydrogen) atoms. The van der Waals surface area contributed by atoms with E-state index >= 15 is 0 Å². The van der Waals surface area contributed by atoms with Crippen LogP contribution in [0.15, 0.2) is 77.9 Å². The summed E-state index contributed by atoms with van der Waals surface area (Å²) >= 11 is 0. The molecule has 5 rings (SSSR count). The number of pyridine rings is 1. The maximum absolute atomic E-state index is 11.8. The van der Waals surface area contributed by atoms with Crippen molar-refractivity contribution in [2.24, 2.45) is 5.92 Å². The molecule has 0 aliphatic heterocycles. The SMILES string of the molecule is CC1CCCC1.CCCn1nnn(-c2ccc(C)cc2)c1=O.CNc1ccc(CCNCC(O)c2cccnc2)cc1.OO. The van der Waals surface area contributed by atoms with Gasteiger partial charge in [0.25, 0.3) is 0 Å². The average molecular weight is 608 g/mol. The van der Waals surface area contributed by atoms with Gasteiger partial charge in [0, 0.05) is 43.8 Å². The highest BCUT2D eigenvalue weighted by molar-refractivity contribution is 5.43. The highest BCUT2D eigenvalue weighted by Crippen LogP contribution is 2.23. The fourth-order valence-electron chi connectivity index (χ4n) is 4.60. The Labute approximate surface area is 260 Å². The lowest BCUT2D eigenvalue weighted by Crippen LogP contribution is -2.24. The first-order valence-corrected chi connectivity index (χ1v) is 15.3. The lowest BCUT2D eigenvalue weighted by Gasteiger charge is -2.11. The molecular weight excluding hydrogens is 558 g/mol. The molecule has 0 spiro atoms. The number of aryl methyl sites for hydroxylation is 2. The molecule has 1 aliphatic carbocycles. The largest absolute Gasteiger partial charge is 0.388 e. The standard InChI is InChI=1S/C16H21N3O.C11H14N4O.C6H12.H2O2/c1-17-15-6-4-13(5-7-15)8-10-19-12-16(20)14-3-2-9-18-11-14;1-3-8-14-11(16)15(13-12-14)10-6-4-9(2)5-7-10;1-6-4-2-3-5-6;1-2/h2-7,9,11,16-17,19-20H,8,10,12H2,1H3;4-7H,3,8H2,1-2H3;6H,2-5H2,1H3;1-2H. The maximum atomic E-state index is 11.8. The summed E-state index contributed by atoms with van der Waals surface area (Å²) in [5.74, 6) is 1.05. The number of rotatable bonds is 10.